The first kappa shape index (κ1) is 47.2. The molecule has 0 fully saturated rings. The lowest BCUT2D eigenvalue weighted by Gasteiger charge is -2.06. The second kappa shape index (κ2) is 23.0. The van der Waals surface area contributed by atoms with Crippen LogP contribution in [0.15, 0.2) is 48.5 Å². The maximum absolute atomic E-state index is 16.9. The Bertz CT molecular complexity index is 2560. The molecule has 2 aromatic carbocycles. The lowest BCUT2D eigenvalue weighted by atomic mass is 10.00. The monoisotopic (exact) mass is 970 g/mol. The van der Waals surface area contributed by atoms with Gasteiger partial charge >= 0.3 is 0 Å². The third kappa shape index (κ3) is 10.8. The molecule has 6 aromatic heterocycles. The molecule has 0 bridgehead atoms. The molecule has 6 heterocycles. The fraction of sp³-hybridized carbons (Fsp3) is 0.462. The fourth-order valence-corrected chi connectivity index (χ4v) is 14.8. The van der Waals surface area contributed by atoms with Crippen molar-refractivity contribution < 1.29 is 8.78 Å². The van der Waals surface area contributed by atoms with Crippen molar-refractivity contribution in [2.75, 3.05) is 0 Å². The molecule has 0 aliphatic heterocycles. The van der Waals surface area contributed by atoms with Gasteiger partial charge in [0.15, 0.2) is 0 Å². The quantitative estimate of drug-likeness (QED) is 0.0536. The molecule has 0 unspecified atom stereocenters. The molecule has 8 aromatic rings. The summed E-state index contributed by atoms with van der Waals surface area (Å²) in [5, 5.41) is 0. The molecule has 0 aliphatic rings. The lowest BCUT2D eigenvalue weighted by molar-refractivity contribution is 0.633. The summed E-state index contributed by atoms with van der Waals surface area (Å²) in [4.78, 5) is 8.81. The van der Waals surface area contributed by atoms with Gasteiger partial charge < -0.3 is 0 Å². The minimum atomic E-state index is -0.264. The summed E-state index contributed by atoms with van der Waals surface area (Å²) < 4.78 is 52.8. The molecule has 0 saturated heterocycles. The molecule has 0 amide bonds. The number of aromatic nitrogens is 4. The minimum absolute atomic E-state index is 0.264. The van der Waals surface area contributed by atoms with Crippen LogP contribution in [-0.2, 0) is 25.7 Å². The number of hydrogen-bond acceptors (Lipinski definition) is 10. The van der Waals surface area contributed by atoms with Gasteiger partial charge in [-0.2, -0.15) is 17.5 Å². The summed E-state index contributed by atoms with van der Waals surface area (Å²) in [6.07, 6.45) is 22.7. The first-order chi connectivity index (χ1) is 31.4. The van der Waals surface area contributed by atoms with E-state index in [2.05, 4.69) is 64.1 Å². The topological polar surface area (TPSA) is 51.6 Å². The molecule has 64 heavy (non-hydrogen) atoms. The summed E-state index contributed by atoms with van der Waals surface area (Å²) in [6, 6.07) is 16.5. The standard InChI is InChI=1S/C52H60F2N4S6/c1-5-9-13-17-21-33-29-43(45-39(53)31-37(47-49(45)57-63-55-47)41-27-25-35(59-41)23-19-15-11-7-3)61-51(33)52-34(22-18-14-10-6-2)30-44(62-52)46-40(54)32-38(48-50(46)58-64-56-48)42-28-26-36(60-42)24-20-16-12-8-4/h25-32H,5-24H2,1-4H3. The van der Waals surface area contributed by atoms with E-state index >= 15 is 8.78 Å². The average molecular weight is 971 g/mol. The fourth-order valence-electron chi connectivity index (χ4n) is 8.77. The summed E-state index contributed by atoms with van der Waals surface area (Å²) in [6.45, 7) is 8.96. The molecule has 0 N–H and O–H groups in total. The number of unbranched alkanes of at least 4 members (excludes halogenated alkanes) is 12. The highest BCUT2D eigenvalue weighted by molar-refractivity contribution is 7.25. The SMILES string of the molecule is CCCCCCc1ccc(-c2cc(F)c(-c3cc(CCCCCC)c(-c4sc(-c5c(F)cc(-c6ccc(CCCCCC)s6)c6nsnc56)cc4CCCCCC)s3)c3nsnc23)s1. The summed E-state index contributed by atoms with van der Waals surface area (Å²) in [5.41, 5.74) is 7.95. The van der Waals surface area contributed by atoms with E-state index in [1.807, 2.05) is 0 Å². The predicted molar refractivity (Wildman–Crippen MR) is 278 cm³/mol. The van der Waals surface area contributed by atoms with Crippen LogP contribution in [0.5, 0.6) is 0 Å². The Morgan fingerprint density at radius 2 is 0.766 bits per heavy atom. The summed E-state index contributed by atoms with van der Waals surface area (Å²) in [7, 11) is 0. The number of aryl methyl sites for hydroxylation is 4. The van der Waals surface area contributed by atoms with E-state index in [0.29, 0.717) is 22.2 Å². The smallest absolute Gasteiger partial charge is 0.134 e. The molecule has 0 aliphatic carbocycles. The van der Waals surface area contributed by atoms with E-state index in [9.17, 15) is 0 Å². The maximum Gasteiger partial charge on any atom is 0.134 e. The lowest BCUT2D eigenvalue weighted by Crippen LogP contribution is -1.90. The Labute approximate surface area is 402 Å². The zero-order valence-electron chi connectivity index (χ0n) is 37.8. The molecule has 0 spiro atoms. The molecule has 4 nitrogen and oxygen atoms in total. The van der Waals surface area contributed by atoms with Gasteiger partial charge in [-0.25, -0.2) is 8.78 Å². The highest BCUT2D eigenvalue weighted by Gasteiger charge is 2.27. The summed E-state index contributed by atoms with van der Waals surface area (Å²) >= 11 is 9.12. The first-order valence-corrected chi connectivity index (χ1v) is 28.5. The molecule has 12 heteroatoms. The van der Waals surface area contributed by atoms with Crippen molar-refractivity contribution in [2.24, 2.45) is 0 Å². The molecule has 338 valence electrons. The third-order valence-corrected chi connectivity index (χ3v) is 18.3. The van der Waals surface area contributed by atoms with E-state index in [1.165, 1.54) is 85.1 Å². The molecular weight excluding hydrogens is 911 g/mol. The first-order valence-electron chi connectivity index (χ1n) is 23.8. The van der Waals surface area contributed by atoms with Crippen molar-refractivity contribution in [3.63, 3.8) is 0 Å². The Balaban J connectivity index is 1.19. The van der Waals surface area contributed by atoms with Crippen LogP contribution in [0, 0.1) is 11.6 Å². The van der Waals surface area contributed by atoms with Gasteiger partial charge in [0, 0.05) is 50.1 Å². The van der Waals surface area contributed by atoms with Crippen molar-refractivity contribution in [1.82, 2.24) is 17.5 Å². The second-order valence-electron chi connectivity index (χ2n) is 17.2. The Morgan fingerprint density at radius 1 is 0.391 bits per heavy atom. The van der Waals surface area contributed by atoms with Gasteiger partial charge in [0.05, 0.1) is 34.6 Å². The zero-order valence-corrected chi connectivity index (χ0v) is 42.7. The Morgan fingerprint density at radius 3 is 1.16 bits per heavy atom. The maximum atomic E-state index is 16.9. The Kier molecular flexibility index (Phi) is 17.0. The third-order valence-electron chi connectivity index (χ3n) is 12.3. The van der Waals surface area contributed by atoms with Gasteiger partial charge in [0.25, 0.3) is 0 Å². The number of halogens is 2. The number of rotatable bonds is 25. The van der Waals surface area contributed by atoms with Crippen molar-refractivity contribution in [3.8, 4) is 51.5 Å². The van der Waals surface area contributed by atoms with Gasteiger partial charge in [-0.3, -0.25) is 0 Å². The van der Waals surface area contributed by atoms with Crippen LogP contribution in [0.25, 0.3) is 73.6 Å². The van der Waals surface area contributed by atoms with Crippen LogP contribution < -0.4 is 0 Å². The average Bonchev–Trinajstić information content (AvgIpc) is 4.16. The van der Waals surface area contributed by atoms with Gasteiger partial charge in [0.2, 0.25) is 0 Å². The minimum Gasteiger partial charge on any atom is -0.206 e. The van der Waals surface area contributed by atoms with Gasteiger partial charge in [-0.1, -0.05) is 105 Å². The number of benzene rings is 2. The largest absolute Gasteiger partial charge is 0.206 e. The van der Waals surface area contributed by atoms with Crippen molar-refractivity contribution in [1.29, 1.82) is 0 Å². The van der Waals surface area contributed by atoms with Crippen LogP contribution >= 0.6 is 68.8 Å². The van der Waals surface area contributed by atoms with Gasteiger partial charge in [-0.05, 0) is 111 Å². The van der Waals surface area contributed by atoms with E-state index in [0.717, 1.165) is 139 Å². The van der Waals surface area contributed by atoms with Gasteiger partial charge in [0.1, 0.15) is 33.7 Å². The zero-order chi connectivity index (χ0) is 44.4. The van der Waals surface area contributed by atoms with Crippen molar-refractivity contribution >= 4 is 90.9 Å². The Hall–Kier alpha value is -3.26. The molecule has 0 radical (unpaired) electrons. The van der Waals surface area contributed by atoms with Crippen LogP contribution in [0.3, 0.4) is 0 Å². The molecule has 0 saturated carbocycles. The number of nitrogens with zero attached hydrogens (tertiary/aromatic N) is 4. The predicted octanol–water partition coefficient (Wildman–Crippen LogP) is 19.0. The van der Waals surface area contributed by atoms with E-state index in [1.54, 1.807) is 57.5 Å². The number of hydrogen-bond donors (Lipinski definition) is 0. The molecule has 0 atom stereocenters. The number of thiophene rings is 4. The summed E-state index contributed by atoms with van der Waals surface area (Å²) in [5.74, 6) is -0.528. The van der Waals surface area contributed by atoms with E-state index in [-0.39, 0.29) is 11.6 Å². The normalized spacial score (nSPS) is 11.9. The van der Waals surface area contributed by atoms with Crippen LogP contribution in [-0.4, -0.2) is 17.5 Å². The van der Waals surface area contributed by atoms with Crippen LogP contribution in [0.1, 0.15) is 151 Å². The van der Waals surface area contributed by atoms with E-state index < -0.39 is 0 Å². The molecular formula is C52H60F2N4S6. The van der Waals surface area contributed by atoms with Gasteiger partial charge in [-0.15, -0.1) is 45.3 Å². The molecule has 8 rings (SSSR count). The highest BCUT2D eigenvalue weighted by Crippen LogP contribution is 2.50. The van der Waals surface area contributed by atoms with Crippen molar-refractivity contribution in [3.05, 3.63) is 81.0 Å². The van der Waals surface area contributed by atoms with Crippen molar-refractivity contribution in [2.45, 2.75) is 156 Å². The number of fused-ring (bicyclic) bond motifs is 2. The van der Waals surface area contributed by atoms with Crippen LogP contribution in [0.2, 0.25) is 0 Å². The second-order valence-corrected chi connectivity index (χ2v) is 22.7. The van der Waals surface area contributed by atoms with E-state index in [4.69, 9.17) is 17.5 Å². The van der Waals surface area contributed by atoms with Crippen LogP contribution in [0.4, 0.5) is 8.78 Å². The highest BCUT2D eigenvalue weighted by atomic mass is 32.1.